The average Bonchev–Trinajstić information content (AvgIpc) is 3.08. The molecule has 6 heteroatoms. The van der Waals surface area contributed by atoms with Crippen molar-refractivity contribution in [3.05, 3.63) is 70.8 Å². The van der Waals surface area contributed by atoms with Crippen LogP contribution in [0.1, 0.15) is 31.9 Å². The Balaban J connectivity index is 1.62. The van der Waals surface area contributed by atoms with Gasteiger partial charge >= 0.3 is 0 Å². The van der Waals surface area contributed by atoms with Gasteiger partial charge in [0.1, 0.15) is 5.01 Å². The van der Waals surface area contributed by atoms with Crippen molar-refractivity contribution in [1.29, 1.82) is 0 Å². The molecule has 0 aliphatic carbocycles. The smallest absolute Gasteiger partial charge is 0.250 e. The highest BCUT2D eigenvalue weighted by molar-refractivity contribution is 7.18. The lowest BCUT2D eigenvalue weighted by molar-refractivity contribution is -0.111. The fraction of sp³-hybridized carbons (Fsp3) is 0.190. The van der Waals surface area contributed by atoms with E-state index in [9.17, 15) is 4.79 Å². The van der Waals surface area contributed by atoms with Crippen molar-refractivity contribution in [2.24, 2.45) is 0 Å². The van der Waals surface area contributed by atoms with Gasteiger partial charge in [0, 0.05) is 16.7 Å². The molecule has 0 saturated heterocycles. The molecule has 1 N–H and O–H groups in total. The normalized spacial score (nSPS) is 11.7. The zero-order valence-electron chi connectivity index (χ0n) is 15.4. The molecule has 3 rings (SSSR count). The molecule has 4 nitrogen and oxygen atoms in total. The molecule has 2 aromatic carbocycles. The lowest BCUT2D eigenvalue weighted by atomic mass is 9.87. The number of nitrogens with one attached hydrogen (secondary N) is 1. The van der Waals surface area contributed by atoms with Crippen LogP contribution in [0.5, 0.6) is 0 Å². The van der Waals surface area contributed by atoms with Gasteiger partial charge in [0.15, 0.2) is 0 Å². The van der Waals surface area contributed by atoms with Gasteiger partial charge < -0.3 is 0 Å². The predicted octanol–water partition coefficient (Wildman–Crippen LogP) is 5.81. The first-order valence-electron chi connectivity index (χ1n) is 8.50. The van der Waals surface area contributed by atoms with Gasteiger partial charge in [0.2, 0.25) is 11.0 Å². The van der Waals surface area contributed by atoms with Crippen molar-refractivity contribution in [3.63, 3.8) is 0 Å². The van der Waals surface area contributed by atoms with Gasteiger partial charge in [-0.05, 0) is 34.8 Å². The Morgan fingerprint density at radius 1 is 1.04 bits per heavy atom. The van der Waals surface area contributed by atoms with E-state index < -0.39 is 0 Å². The molecule has 0 aliphatic rings. The first kappa shape index (κ1) is 19.3. The third-order valence-corrected chi connectivity index (χ3v) is 5.09. The maximum absolute atomic E-state index is 12.1. The van der Waals surface area contributed by atoms with Crippen molar-refractivity contribution in [1.82, 2.24) is 10.2 Å². The summed E-state index contributed by atoms with van der Waals surface area (Å²) in [4.78, 5) is 12.1. The Morgan fingerprint density at radius 2 is 1.70 bits per heavy atom. The van der Waals surface area contributed by atoms with Gasteiger partial charge in [-0.1, -0.05) is 80.1 Å². The number of amides is 1. The van der Waals surface area contributed by atoms with Crippen LogP contribution in [-0.4, -0.2) is 16.1 Å². The number of carbonyl (C=O) groups excluding carboxylic acids is 1. The number of hydrogen-bond acceptors (Lipinski definition) is 4. The third kappa shape index (κ3) is 5.25. The number of nitrogens with zero attached hydrogens (tertiary/aromatic N) is 2. The molecule has 1 aromatic heterocycles. The molecule has 138 valence electrons. The van der Waals surface area contributed by atoms with E-state index in [2.05, 4.69) is 48.4 Å². The van der Waals surface area contributed by atoms with Gasteiger partial charge in [-0.15, -0.1) is 10.2 Å². The Labute approximate surface area is 167 Å². The van der Waals surface area contributed by atoms with Crippen LogP contribution in [0, 0.1) is 0 Å². The minimum Gasteiger partial charge on any atom is -0.297 e. The van der Waals surface area contributed by atoms with E-state index >= 15 is 0 Å². The monoisotopic (exact) mass is 397 g/mol. The van der Waals surface area contributed by atoms with E-state index in [1.807, 2.05) is 24.3 Å². The zero-order valence-corrected chi connectivity index (χ0v) is 16.9. The first-order valence-corrected chi connectivity index (χ1v) is 9.70. The standard InChI is InChI=1S/C21H20ClN3OS/c1-21(2,3)16-9-4-14(5-10-16)6-13-18(26)23-20-25-24-19(27-20)15-7-11-17(22)12-8-15/h4-13H,1-3H3,(H,23,25,26)/b13-6+. The van der Waals surface area contributed by atoms with E-state index in [-0.39, 0.29) is 11.3 Å². The maximum Gasteiger partial charge on any atom is 0.250 e. The summed E-state index contributed by atoms with van der Waals surface area (Å²) in [5, 5.41) is 12.7. The van der Waals surface area contributed by atoms with Crippen LogP contribution in [0.15, 0.2) is 54.6 Å². The minimum atomic E-state index is -0.242. The lowest BCUT2D eigenvalue weighted by Crippen LogP contribution is -2.10. The van der Waals surface area contributed by atoms with Crippen LogP contribution in [0.3, 0.4) is 0 Å². The van der Waals surface area contributed by atoms with Gasteiger partial charge in [0.25, 0.3) is 0 Å². The molecule has 0 unspecified atom stereocenters. The molecule has 3 aromatic rings. The second kappa shape index (κ2) is 8.03. The number of aromatic nitrogens is 2. The molecule has 1 amide bonds. The summed E-state index contributed by atoms with van der Waals surface area (Å²) in [6.07, 6.45) is 3.28. The highest BCUT2D eigenvalue weighted by Gasteiger charge is 2.12. The lowest BCUT2D eigenvalue weighted by Gasteiger charge is -2.18. The van der Waals surface area contributed by atoms with E-state index in [4.69, 9.17) is 11.6 Å². The molecule has 1 heterocycles. The van der Waals surface area contributed by atoms with Crippen LogP contribution >= 0.6 is 22.9 Å². The maximum atomic E-state index is 12.1. The van der Waals surface area contributed by atoms with E-state index in [0.717, 1.165) is 16.1 Å². The number of anilines is 1. The summed E-state index contributed by atoms with van der Waals surface area (Å²) < 4.78 is 0. The predicted molar refractivity (Wildman–Crippen MR) is 113 cm³/mol. The summed E-state index contributed by atoms with van der Waals surface area (Å²) >= 11 is 7.21. The summed E-state index contributed by atoms with van der Waals surface area (Å²) in [5.41, 5.74) is 3.25. The zero-order chi connectivity index (χ0) is 19.4. The van der Waals surface area contributed by atoms with Crippen LogP contribution < -0.4 is 5.32 Å². The number of hydrogen-bond donors (Lipinski definition) is 1. The van der Waals surface area contributed by atoms with Crippen LogP contribution in [-0.2, 0) is 10.2 Å². The largest absolute Gasteiger partial charge is 0.297 e. The van der Waals surface area contributed by atoms with Crippen molar-refractivity contribution >= 4 is 40.1 Å². The number of halogens is 1. The van der Waals surface area contributed by atoms with Crippen molar-refractivity contribution in [2.75, 3.05) is 5.32 Å². The number of rotatable bonds is 4. The second-order valence-electron chi connectivity index (χ2n) is 7.11. The van der Waals surface area contributed by atoms with Crippen LogP contribution in [0.4, 0.5) is 5.13 Å². The molecule has 0 aliphatic heterocycles. The molecule has 0 spiro atoms. The summed E-state index contributed by atoms with van der Waals surface area (Å²) in [5.74, 6) is -0.242. The van der Waals surface area contributed by atoms with Crippen molar-refractivity contribution < 1.29 is 4.79 Å². The summed E-state index contributed by atoms with van der Waals surface area (Å²) in [6.45, 7) is 6.52. The van der Waals surface area contributed by atoms with E-state index in [1.54, 1.807) is 18.2 Å². The third-order valence-electron chi connectivity index (χ3n) is 3.95. The Bertz CT molecular complexity index is 954. The van der Waals surface area contributed by atoms with Crippen LogP contribution in [0.2, 0.25) is 5.02 Å². The number of carbonyl (C=O) groups is 1. The first-order chi connectivity index (χ1) is 12.8. The highest BCUT2D eigenvalue weighted by atomic mass is 35.5. The quantitative estimate of drug-likeness (QED) is 0.565. The van der Waals surface area contributed by atoms with Crippen molar-refractivity contribution in [3.8, 4) is 10.6 Å². The SMILES string of the molecule is CC(C)(C)c1ccc(/C=C/C(=O)Nc2nnc(-c3ccc(Cl)cc3)s2)cc1. The Kier molecular flexibility index (Phi) is 5.73. The molecule has 0 bridgehead atoms. The fourth-order valence-electron chi connectivity index (χ4n) is 2.40. The van der Waals surface area contributed by atoms with Gasteiger partial charge in [-0.25, -0.2) is 0 Å². The minimum absolute atomic E-state index is 0.110. The average molecular weight is 398 g/mol. The van der Waals surface area contributed by atoms with Gasteiger partial charge in [0.05, 0.1) is 0 Å². The van der Waals surface area contributed by atoms with Gasteiger partial charge in [-0.3, -0.25) is 10.1 Å². The molecular weight excluding hydrogens is 378 g/mol. The van der Waals surface area contributed by atoms with Crippen molar-refractivity contribution in [2.45, 2.75) is 26.2 Å². The van der Waals surface area contributed by atoms with E-state index in [1.165, 1.54) is 23.0 Å². The van der Waals surface area contributed by atoms with E-state index in [0.29, 0.717) is 10.2 Å². The molecule has 0 atom stereocenters. The van der Waals surface area contributed by atoms with Gasteiger partial charge in [-0.2, -0.15) is 0 Å². The summed E-state index contributed by atoms with van der Waals surface area (Å²) in [6, 6.07) is 15.5. The molecule has 0 saturated carbocycles. The Hall–Kier alpha value is -2.50. The second-order valence-corrected chi connectivity index (χ2v) is 8.53. The van der Waals surface area contributed by atoms with Crippen LogP contribution in [0.25, 0.3) is 16.6 Å². The fourth-order valence-corrected chi connectivity index (χ4v) is 3.27. The Morgan fingerprint density at radius 3 is 2.33 bits per heavy atom. The molecule has 0 radical (unpaired) electrons. The topological polar surface area (TPSA) is 54.9 Å². The molecule has 27 heavy (non-hydrogen) atoms. The molecular formula is C21H20ClN3OS. The number of benzene rings is 2. The summed E-state index contributed by atoms with van der Waals surface area (Å²) in [7, 11) is 0. The molecule has 0 fully saturated rings. The highest BCUT2D eigenvalue weighted by Crippen LogP contribution is 2.27.